The number of methoxy groups -OCH3 is 1. The van der Waals surface area contributed by atoms with Gasteiger partial charge in [0.05, 0.1) is 37.6 Å². The maximum absolute atomic E-state index is 13.4. The van der Waals surface area contributed by atoms with Crippen molar-refractivity contribution in [2.24, 2.45) is 5.92 Å². The molecule has 0 saturated carbocycles. The van der Waals surface area contributed by atoms with Crippen LogP contribution >= 0.6 is 11.3 Å². The second-order valence-electron chi connectivity index (χ2n) is 10.2. The molecule has 0 aliphatic carbocycles. The van der Waals surface area contributed by atoms with Crippen LogP contribution in [-0.4, -0.2) is 83.1 Å². The van der Waals surface area contributed by atoms with Gasteiger partial charge in [0.2, 0.25) is 15.9 Å². The topological polar surface area (TPSA) is 143 Å². The number of hydrogen-bond acceptors (Lipinski definition) is 9. The fourth-order valence-corrected chi connectivity index (χ4v) is 7.84. The Morgan fingerprint density at radius 3 is 2.50 bits per heavy atom. The van der Waals surface area contributed by atoms with Gasteiger partial charge < -0.3 is 19.5 Å². The van der Waals surface area contributed by atoms with Gasteiger partial charge in [0, 0.05) is 30.8 Å². The van der Waals surface area contributed by atoms with E-state index in [-0.39, 0.29) is 52.7 Å². The van der Waals surface area contributed by atoms with Gasteiger partial charge in [-0.2, -0.15) is 4.31 Å². The number of aliphatic hydroxyl groups is 1. The summed E-state index contributed by atoms with van der Waals surface area (Å²) in [6.45, 7) is 3.51. The predicted molar refractivity (Wildman–Crippen MR) is 160 cm³/mol. The van der Waals surface area contributed by atoms with Crippen LogP contribution in [0.25, 0.3) is 0 Å². The number of rotatable bonds is 10. The fourth-order valence-electron chi connectivity index (χ4n) is 4.61. The molecule has 3 atom stereocenters. The van der Waals surface area contributed by atoms with E-state index in [4.69, 9.17) is 9.47 Å². The smallest absolute Gasteiger partial charge is 0.271 e. The normalized spacial score (nSPS) is 18.8. The first-order chi connectivity index (χ1) is 19.8. The van der Waals surface area contributed by atoms with Crippen LogP contribution in [0.15, 0.2) is 69.1 Å². The third-order valence-corrected chi connectivity index (χ3v) is 11.7. The summed E-state index contributed by atoms with van der Waals surface area (Å²) >= 11 is 1.08. The van der Waals surface area contributed by atoms with Gasteiger partial charge >= 0.3 is 0 Å². The monoisotopic (exact) mass is 637 g/mol. The van der Waals surface area contributed by atoms with E-state index in [1.165, 1.54) is 36.7 Å². The number of aliphatic hydroxyl groups excluding tert-OH is 1. The van der Waals surface area contributed by atoms with Crippen molar-refractivity contribution >= 4 is 43.0 Å². The van der Waals surface area contributed by atoms with E-state index in [0.29, 0.717) is 17.1 Å². The zero-order chi connectivity index (χ0) is 30.7. The average Bonchev–Trinajstić information content (AvgIpc) is 3.53. The van der Waals surface area contributed by atoms with Gasteiger partial charge in [-0.1, -0.05) is 13.0 Å². The van der Waals surface area contributed by atoms with E-state index in [9.17, 15) is 26.7 Å². The van der Waals surface area contributed by atoms with Crippen molar-refractivity contribution < 1.29 is 36.2 Å². The Morgan fingerprint density at radius 1 is 1.17 bits per heavy atom. The molecule has 0 fully saturated rings. The summed E-state index contributed by atoms with van der Waals surface area (Å²) in [7, 11) is -4.75. The summed E-state index contributed by atoms with van der Waals surface area (Å²) in [5.74, 6) is 0.264. The molecule has 0 bridgehead atoms. The predicted octanol–water partition coefficient (Wildman–Crippen LogP) is 3.03. The van der Waals surface area contributed by atoms with Crippen LogP contribution in [0.4, 0.5) is 5.69 Å². The summed E-state index contributed by atoms with van der Waals surface area (Å²) in [6, 6.07) is 13.4. The molecule has 1 aliphatic rings. The van der Waals surface area contributed by atoms with Crippen molar-refractivity contribution in [2.45, 2.75) is 41.5 Å². The molecule has 11 nitrogen and oxygen atoms in total. The lowest BCUT2D eigenvalue weighted by molar-refractivity contribution is -0.134. The van der Waals surface area contributed by atoms with E-state index in [0.717, 1.165) is 11.3 Å². The number of thiophene rings is 1. The molecule has 0 unspecified atom stereocenters. The van der Waals surface area contributed by atoms with Gasteiger partial charge in [0.1, 0.15) is 21.8 Å². The SMILES string of the molecule is COc1ccc(S(=O)(=O)N(C)C[C@@H]2Oc3ccc(NS(=O)(=O)c4cccs4)cc3CC(=O)N([C@@H](C)CO)C[C@@H]2C)cc1. The highest BCUT2D eigenvalue weighted by Gasteiger charge is 2.33. The molecular formula is C28H35N3O8S3. The molecule has 42 heavy (non-hydrogen) atoms. The molecule has 228 valence electrons. The molecular weight excluding hydrogens is 603 g/mol. The molecule has 4 rings (SSSR count). The highest BCUT2D eigenvalue weighted by molar-refractivity contribution is 7.94. The first-order valence-electron chi connectivity index (χ1n) is 13.2. The van der Waals surface area contributed by atoms with Gasteiger partial charge in [0.15, 0.2) is 0 Å². The minimum Gasteiger partial charge on any atom is -0.497 e. The molecule has 1 amide bonds. The maximum atomic E-state index is 13.4. The van der Waals surface area contributed by atoms with Crippen LogP contribution in [0.3, 0.4) is 0 Å². The number of ether oxygens (including phenoxy) is 2. The number of sulfonamides is 2. The molecule has 0 radical (unpaired) electrons. The molecule has 2 N–H and O–H groups in total. The van der Waals surface area contributed by atoms with E-state index >= 15 is 0 Å². The Balaban J connectivity index is 1.67. The number of fused-ring (bicyclic) bond motifs is 1. The van der Waals surface area contributed by atoms with Crippen molar-refractivity contribution in [1.82, 2.24) is 9.21 Å². The van der Waals surface area contributed by atoms with Crippen molar-refractivity contribution in [3.63, 3.8) is 0 Å². The Bertz CT molecular complexity index is 1590. The molecule has 2 heterocycles. The Morgan fingerprint density at radius 2 is 1.88 bits per heavy atom. The van der Waals surface area contributed by atoms with E-state index in [1.807, 2.05) is 6.92 Å². The van der Waals surface area contributed by atoms with Crippen LogP contribution in [0.1, 0.15) is 19.4 Å². The van der Waals surface area contributed by atoms with Crippen LogP contribution in [0.5, 0.6) is 11.5 Å². The van der Waals surface area contributed by atoms with Crippen molar-refractivity contribution in [3.8, 4) is 11.5 Å². The number of amides is 1. The molecule has 3 aromatic rings. The van der Waals surface area contributed by atoms with Gasteiger partial charge in [-0.3, -0.25) is 9.52 Å². The number of nitrogens with one attached hydrogen (secondary N) is 1. The number of carbonyl (C=O) groups excluding carboxylic acids is 1. The maximum Gasteiger partial charge on any atom is 0.271 e. The second-order valence-corrected chi connectivity index (χ2v) is 15.1. The molecule has 2 aromatic carbocycles. The van der Waals surface area contributed by atoms with Crippen LogP contribution in [0.2, 0.25) is 0 Å². The summed E-state index contributed by atoms with van der Waals surface area (Å²) < 4.78 is 67.8. The largest absolute Gasteiger partial charge is 0.497 e. The molecule has 1 aromatic heterocycles. The fraction of sp³-hybridized carbons (Fsp3) is 0.393. The number of benzene rings is 2. The summed E-state index contributed by atoms with van der Waals surface area (Å²) in [5, 5.41) is 11.5. The number of likely N-dealkylation sites (N-methyl/N-ethyl adjacent to an activating group) is 1. The Hall–Kier alpha value is -3.17. The lowest BCUT2D eigenvalue weighted by Crippen LogP contribution is -2.48. The first kappa shape index (κ1) is 31.8. The molecule has 14 heteroatoms. The van der Waals surface area contributed by atoms with Gasteiger partial charge in [-0.05, 0) is 60.8 Å². The minimum absolute atomic E-state index is 0.0305. The molecule has 0 saturated heterocycles. The summed E-state index contributed by atoms with van der Waals surface area (Å²) in [4.78, 5) is 15.1. The van der Waals surface area contributed by atoms with E-state index in [1.54, 1.807) is 53.6 Å². The zero-order valence-corrected chi connectivity index (χ0v) is 26.2. The molecule has 0 spiro atoms. The Kier molecular flexibility index (Phi) is 9.83. The summed E-state index contributed by atoms with van der Waals surface area (Å²) in [6.07, 6.45) is -0.789. The highest BCUT2D eigenvalue weighted by Crippen LogP contribution is 2.31. The van der Waals surface area contributed by atoms with Crippen LogP contribution in [0, 0.1) is 5.92 Å². The van der Waals surface area contributed by atoms with Gasteiger partial charge in [-0.15, -0.1) is 11.3 Å². The lowest BCUT2D eigenvalue weighted by atomic mass is 10.0. The third-order valence-electron chi connectivity index (χ3n) is 7.13. The number of nitrogens with zero attached hydrogens (tertiary/aromatic N) is 2. The number of anilines is 1. The van der Waals surface area contributed by atoms with Crippen LogP contribution < -0.4 is 14.2 Å². The van der Waals surface area contributed by atoms with Gasteiger partial charge in [0.25, 0.3) is 10.0 Å². The van der Waals surface area contributed by atoms with E-state index < -0.39 is 32.2 Å². The highest BCUT2D eigenvalue weighted by atomic mass is 32.2. The summed E-state index contributed by atoms with van der Waals surface area (Å²) in [5.41, 5.74) is 0.685. The Labute approximate surface area is 250 Å². The van der Waals surface area contributed by atoms with Crippen molar-refractivity contribution in [3.05, 3.63) is 65.5 Å². The van der Waals surface area contributed by atoms with Crippen molar-refractivity contribution in [1.29, 1.82) is 0 Å². The van der Waals surface area contributed by atoms with Crippen molar-refractivity contribution in [2.75, 3.05) is 38.6 Å². The minimum atomic E-state index is -3.89. The van der Waals surface area contributed by atoms with Gasteiger partial charge in [-0.25, -0.2) is 16.8 Å². The average molecular weight is 638 g/mol. The second kappa shape index (κ2) is 13.0. The number of carbonyl (C=O) groups is 1. The lowest BCUT2D eigenvalue weighted by Gasteiger charge is -2.33. The quantitative estimate of drug-likeness (QED) is 0.346. The number of hydrogen-bond donors (Lipinski definition) is 2. The zero-order valence-electron chi connectivity index (χ0n) is 23.8. The first-order valence-corrected chi connectivity index (χ1v) is 17.0. The molecule has 1 aliphatic heterocycles. The standard InChI is InChI=1S/C28H35N3O8S3/c1-19-16-31(20(2)18-32)27(33)15-21-14-22(29-41(34,35)28-6-5-13-40-28)7-12-25(21)39-26(19)17-30(3)42(36,37)24-10-8-23(38-4)9-11-24/h5-14,19-20,26,29,32H,15-18H2,1-4H3/t19-,20-,26-/m0/s1. The third kappa shape index (κ3) is 7.06. The van der Waals surface area contributed by atoms with E-state index in [2.05, 4.69) is 4.72 Å². The van der Waals surface area contributed by atoms with Crippen LogP contribution in [-0.2, 0) is 31.3 Å².